The largest absolute Gasteiger partial charge is 0.351 e. The highest BCUT2D eigenvalue weighted by atomic mass is 32.2. The van der Waals surface area contributed by atoms with E-state index in [-0.39, 0.29) is 42.5 Å². The fraction of sp³-hybridized carbons (Fsp3) is 0.579. The van der Waals surface area contributed by atoms with Gasteiger partial charge in [0.05, 0.1) is 0 Å². The van der Waals surface area contributed by atoms with Crippen molar-refractivity contribution in [3.05, 3.63) is 30.1 Å². The number of ketones is 1. The number of nitrogens with zero attached hydrogens (tertiary/aromatic N) is 2. The van der Waals surface area contributed by atoms with E-state index in [0.29, 0.717) is 19.6 Å². The zero-order valence-electron chi connectivity index (χ0n) is 16.6. The molecule has 0 unspecified atom stereocenters. The van der Waals surface area contributed by atoms with Gasteiger partial charge in [0.1, 0.15) is 16.5 Å². The molecule has 1 aromatic carbocycles. The molecule has 28 heavy (non-hydrogen) atoms. The average Bonchev–Trinajstić information content (AvgIpc) is 2.59. The quantitative estimate of drug-likeness (QED) is 0.696. The maximum absolute atomic E-state index is 13.9. The van der Waals surface area contributed by atoms with Crippen LogP contribution in [0.25, 0.3) is 0 Å². The molecule has 0 bridgehead atoms. The fourth-order valence-corrected chi connectivity index (χ4v) is 4.84. The monoisotopic (exact) mass is 413 g/mol. The summed E-state index contributed by atoms with van der Waals surface area (Å²) in [6.45, 7) is 7.02. The van der Waals surface area contributed by atoms with Crippen LogP contribution in [0.4, 0.5) is 4.39 Å². The van der Waals surface area contributed by atoms with Gasteiger partial charge < -0.3 is 10.2 Å². The highest BCUT2D eigenvalue weighted by Crippen LogP contribution is 2.20. The second kappa shape index (κ2) is 9.11. The third-order valence-electron chi connectivity index (χ3n) is 4.61. The Morgan fingerprint density at radius 1 is 1.14 bits per heavy atom. The average molecular weight is 414 g/mol. The van der Waals surface area contributed by atoms with E-state index >= 15 is 0 Å². The number of halogens is 1. The van der Waals surface area contributed by atoms with Crippen molar-refractivity contribution in [2.24, 2.45) is 0 Å². The summed E-state index contributed by atoms with van der Waals surface area (Å²) >= 11 is 0. The van der Waals surface area contributed by atoms with Crippen molar-refractivity contribution in [1.29, 1.82) is 0 Å². The lowest BCUT2D eigenvalue weighted by atomic mass is 9.98. The van der Waals surface area contributed by atoms with Gasteiger partial charge >= 0.3 is 0 Å². The van der Waals surface area contributed by atoms with Crippen LogP contribution in [0.2, 0.25) is 0 Å². The van der Waals surface area contributed by atoms with E-state index in [1.165, 1.54) is 29.4 Å². The van der Waals surface area contributed by atoms with E-state index in [4.69, 9.17) is 0 Å². The van der Waals surface area contributed by atoms with E-state index in [2.05, 4.69) is 5.32 Å². The molecule has 0 radical (unpaired) electrons. The number of hydrogen-bond acceptors (Lipinski definition) is 5. The predicted octanol–water partition coefficient (Wildman–Crippen LogP) is 1.40. The molecule has 1 fully saturated rings. The lowest BCUT2D eigenvalue weighted by Crippen LogP contribution is -2.50. The molecule has 9 heteroatoms. The Bertz CT molecular complexity index is 818. The Kier molecular flexibility index (Phi) is 7.30. The summed E-state index contributed by atoms with van der Waals surface area (Å²) in [6.07, 6.45) is 0.534. The van der Waals surface area contributed by atoms with Crippen LogP contribution in [-0.2, 0) is 19.6 Å². The van der Waals surface area contributed by atoms with Crippen molar-refractivity contribution < 1.29 is 22.4 Å². The molecule has 1 amide bonds. The number of amides is 1. The Hall–Kier alpha value is -1.84. The van der Waals surface area contributed by atoms with Crippen molar-refractivity contribution in [2.75, 3.05) is 32.7 Å². The summed E-state index contributed by atoms with van der Waals surface area (Å²) in [5, 5.41) is 2.85. The highest BCUT2D eigenvalue weighted by molar-refractivity contribution is 7.89. The summed E-state index contributed by atoms with van der Waals surface area (Å²) in [7, 11) is -3.86. The normalized spacial score (nSPS) is 16.7. The first-order valence-electron chi connectivity index (χ1n) is 9.29. The smallest absolute Gasteiger partial charge is 0.246 e. The first-order valence-corrected chi connectivity index (χ1v) is 10.7. The van der Waals surface area contributed by atoms with E-state index in [9.17, 15) is 22.4 Å². The van der Waals surface area contributed by atoms with Gasteiger partial charge in [-0.3, -0.25) is 9.59 Å². The molecule has 1 aliphatic heterocycles. The van der Waals surface area contributed by atoms with Crippen molar-refractivity contribution >= 4 is 21.7 Å². The Labute approximate surface area is 165 Å². The molecule has 0 spiro atoms. The van der Waals surface area contributed by atoms with Crippen LogP contribution in [0, 0.1) is 5.82 Å². The van der Waals surface area contributed by atoms with Crippen molar-refractivity contribution in [1.82, 2.24) is 14.5 Å². The number of carbonyl (C=O) groups excluding carboxylic acids is 2. The van der Waals surface area contributed by atoms with Crippen LogP contribution in [0.15, 0.2) is 29.2 Å². The molecule has 156 valence electrons. The van der Waals surface area contributed by atoms with Crippen LogP contribution in [0.1, 0.15) is 33.6 Å². The Balaban J connectivity index is 1.83. The first kappa shape index (κ1) is 22.4. The summed E-state index contributed by atoms with van der Waals surface area (Å²) < 4.78 is 40.3. The number of Topliss-reactive ketones (excluding diaryl/α,β-unsaturated/α-hetero) is 1. The van der Waals surface area contributed by atoms with Gasteiger partial charge in [0, 0.05) is 51.1 Å². The number of sulfonamides is 1. The third-order valence-corrected chi connectivity index (χ3v) is 6.54. The molecular weight excluding hydrogens is 385 g/mol. The molecule has 1 heterocycles. The van der Waals surface area contributed by atoms with Gasteiger partial charge in [0.2, 0.25) is 15.9 Å². The lowest BCUT2D eigenvalue weighted by molar-refractivity contribution is -0.124. The standard InChI is InChI=1S/C19H28FN3O4S/c1-15(24)14-19(2,3)21-18(25)8-9-22-10-12-23(13-11-22)28(26,27)17-7-5-4-6-16(17)20/h4-7H,8-14H2,1-3H3,(H,21,25). The fourth-order valence-electron chi connectivity index (χ4n) is 3.35. The molecule has 0 aliphatic carbocycles. The molecule has 1 N–H and O–H groups in total. The van der Waals surface area contributed by atoms with E-state index in [1.54, 1.807) is 13.8 Å². The molecular formula is C19H28FN3O4S. The predicted molar refractivity (Wildman–Crippen MR) is 104 cm³/mol. The molecule has 1 saturated heterocycles. The van der Waals surface area contributed by atoms with Gasteiger partial charge in [-0.1, -0.05) is 12.1 Å². The van der Waals surface area contributed by atoms with E-state index in [0.717, 1.165) is 6.07 Å². The van der Waals surface area contributed by atoms with Crippen LogP contribution in [0.5, 0.6) is 0 Å². The molecule has 0 aromatic heterocycles. The van der Waals surface area contributed by atoms with Gasteiger partial charge in [0.15, 0.2) is 0 Å². The highest BCUT2D eigenvalue weighted by Gasteiger charge is 2.30. The summed E-state index contributed by atoms with van der Waals surface area (Å²) in [4.78, 5) is 25.1. The van der Waals surface area contributed by atoms with Crippen LogP contribution in [0.3, 0.4) is 0 Å². The number of benzene rings is 1. The topological polar surface area (TPSA) is 86.8 Å². The zero-order chi connectivity index (χ0) is 20.9. The molecule has 7 nitrogen and oxygen atoms in total. The van der Waals surface area contributed by atoms with E-state index < -0.39 is 21.4 Å². The van der Waals surface area contributed by atoms with Gasteiger partial charge in [0.25, 0.3) is 0 Å². The number of rotatable bonds is 8. The number of piperazine rings is 1. The van der Waals surface area contributed by atoms with Gasteiger partial charge in [-0.2, -0.15) is 4.31 Å². The number of hydrogen-bond donors (Lipinski definition) is 1. The minimum atomic E-state index is -3.86. The Morgan fingerprint density at radius 3 is 2.32 bits per heavy atom. The van der Waals surface area contributed by atoms with Gasteiger partial charge in [-0.05, 0) is 32.9 Å². The molecule has 2 rings (SSSR count). The summed E-state index contributed by atoms with van der Waals surface area (Å²) in [6, 6.07) is 5.35. The number of carbonyl (C=O) groups is 2. The summed E-state index contributed by atoms with van der Waals surface area (Å²) in [5.74, 6) is -0.889. The SMILES string of the molecule is CC(=O)CC(C)(C)NC(=O)CCN1CCN(S(=O)(=O)c2ccccc2F)CC1. The first-order chi connectivity index (χ1) is 13.0. The molecule has 1 aliphatic rings. The zero-order valence-corrected chi connectivity index (χ0v) is 17.4. The summed E-state index contributed by atoms with van der Waals surface area (Å²) in [5.41, 5.74) is -0.588. The van der Waals surface area contributed by atoms with Crippen LogP contribution >= 0.6 is 0 Å². The van der Waals surface area contributed by atoms with Gasteiger partial charge in [-0.25, -0.2) is 12.8 Å². The third kappa shape index (κ3) is 6.08. The second-order valence-electron chi connectivity index (χ2n) is 7.74. The number of nitrogens with one attached hydrogen (secondary N) is 1. The van der Waals surface area contributed by atoms with Gasteiger partial charge in [-0.15, -0.1) is 0 Å². The van der Waals surface area contributed by atoms with Crippen molar-refractivity contribution in [3.8, 4) is 0 Å². The van der Waals surface area contributed by atoms with Crippen molar-refractivity contribution in [2.45, 2.75) is 44.0 Å². The molecule has 0 saturated carbocycles. The maximum atomic E-state index is 13.9. The minimum absolute atomic E-state index is 0.0116. The minimum Gasteiger partial charge on any atom is -0.351 e. The lowest BCUT2D eigenvalue weighted by Gasteiger charge is -2.34. The van der Waals surface area contributed by atoms with Crippen LogP contribution < -0.4 is 5.32 Å². The molecule has 1 aromatic rings. The van der Waals surface area contributed by atoms with Crippen LogP contribution in [-0.4, -0.2) is 67.6 Å². The molecule has 0 atom stereocenters. The maximum Gasteiger partial charge on any atom is 0.246 e. The van der Waals surface area contributed by atoms with E-state index in [1.807, 2.05) is 4.90 Å². The second-order valence-corrected chi connectivity index (χ2v) is 9.64. The van der Waals surface area contributed by atoms with Crippen molar-refractivity contribution in [3.63, 3.8) is 0 Å². The Morgan fingerprint density at radius 2 is 1.75 bits per heavy atom.